The number of hydrogen-bond donors (Lipinski definition) is 2. The van der Waals surface area contributed by atoms with Crippen molar-refractivity contribution in [1.29, 1.82) is 0 Å². The van der Waals surface area contributed by atoms with Crippen molar-refractivity contribution in [2.24, 2.45) is 0 Å². The fraction of sp³-hybridized carbons (Fsp3) is 0.105. The molecule has 2 heterocycles. The predicted molar refractivity (Wildman–Crippen MR) is 105 cm³/mol. The number of carbonyl (C=O) groups excluding carboxylic acids is 2. The molecule has 0 bridgehead atoms. The van der Waals surface area contributed by atoms with Gasteiger partial charge in [0.25, 0.3) is 11.8 Å². The molecule has 0 aliphatic rings. The van der Waals surface area contributed by atoms with Crippen molar-refractivity contribution < 1.29 is 14.0 Å². The summed E-state index contributed by atoms with van der Waals surface area (Å²) in [5, 5.41) is 5.66. The van der Waals surface area contributed by atoms with E-state index in [9.17, 15) is 14.0 Å². The highest BCUT2D eigenvalue weighted by molar-refractivity contribution is 6.32. The minimum Gasteiger partial charge on any atom is -0.347 e. The van der Waals surface area contributed by atoms with Crippen molar-refractivity contribution in [3.8, 4) is 0 Å². The number of aromatic nitrogens is 3. The Labute approximate surface area is 172 Å². The third-order valence-corrected chi connectivity index (χ3v) is 4.11. The van der Waals surface area contributed by atoms with Gasteiger partial charge in [-0.25, -0.2) is 19.3 Å². The summed E-state index contributed by atoms with van der Waals surface area (Å²) < 4.78 is 13.2. The molecular weight excluding hydrogens is 396 g/mol. The number of pyridine rings is 1. The largest absolute Gasteiger partial charge is 0.347 e. The summed E-state index contributed by atoms with van der Waals surface area (Å²) in [5.41, 5.74) is 1.44. The Morgan fingerprint density at radius 2 is 1.55 bits per heavy atom. The van der Waals surface area contributed by atoms with Gasteiger partial charge in [-0.2, -0.15) is 0 Å². The molecule has 0 aliphatic heterocycles. The summed E-state index contributed by atoms with van der Waals surface area (Å²) in [6.07, 6.45) is 2.67. The first-order valence-corrected chi connectivity index (χ1v) is 8.83. The van der Waals surface area contributed by atoms with E-state index in [2.05, 4.69) is 25.6 Å². The Kier molecular flexibility index (Phi) is 6.51. The maximum absolute atomic E-state index is 13.2. The maximum Gasteiger partial charge on any atom is 0.270 e. The van der Waals surface area contributed by atoms with Gasteiger partial charge < -0.3 is 10.6 Å². The van der Waals surface area contributed by atoms with Crippen molar-refractivity contribution in [3.05, 3.63) is 82.4 Å². The van der Waals surface area contributed by atoms with Crippen molar-refractivity contribution >= 4 is 36.7 Å². The molecule has 2 radical (unpaired) electrons. The van der Waals surface area contributed by atoms with E-state index in [1.807, 2.05) is 0 Å². The van der Waals surface area contributed by atoms with Gasteiger partial charge in [0.2, 0.25) is 0 Å². The molecule has 0 saturated carbocycles. The molecule has 144 valence electrons. The lowest BCUT2D eigenvalue weighted by molar-refractivity contribution is 0.0944. The zero-order valence-electron chi connectivity index (χ0n) is 15.0. The van der Waals surface area contributed by atoms with E-state index in [1.54, 1.807) is 18.3 Å². The molecule has 0 spiro atoms. The van der Waals surface area contributed by atoms with Crippen LogP contribution in [-0.4, -0.2) is 34.6 Å². The van der Waals surface area contributed by atoms with E-state index >= 15 is 0 Å². The Balaban J connectivity index is 1.60. The zero-order valence-corrected chi connectivity index (χ0v) is 15.8. The van der Waals surface area contributed by atoms with Gasteiger partial charge in [-0.3, -0.25) is 9.59 Å². The first-order chi connectivity index (χ1) is 13.9. The number of nitrogens with zero attached hydrogens (tertiary/aromatic N) is 3. The van der Waals surface area contributed by atoms with Crippen LogP contribution < -0.4 is 16.1 Å². The van der Waals surface area contributed by atoms with E-state index in [1.165, 1.54) is 24.3 Å². The van der Waals surface area contributed by atoms with Crippen molar-refractivity contribution in [2.45, 2.75) is 13.1 Å². The molecule has 0 fully saturated rings. The van der Waals surface area contributed by atoms with Crippen LogP contribution in [0.2, 0.25) is 5.15 Å². The second-order valence-electron chi connectivity index (χ2n) is 6.00. The van der Waals surface area contributed by atoms with Gasteiger partial charge in [-0.1, -0.05) is 35.3 Å². The van der Waals surface area contributed by atoms with Crippen molar-refractivity contribution in [1.82, 2.24) is 25.6 Å². The van der Waals surface area contributed by atoms with Gasteiger partial charge >= 0.3 is 0 Å². The van der Waals surface area contributed by atoms with E-state index in [0.717, 1.165) is 11.9 Å². The lowest BCUT2D eigenvalue weighted by Gasteiger charge is -2.08. The highest BCUT2D eigenvalue weighted by Crippen LogP contribution is 2.06. The second kappa shape index (κ2) is 9.25. The van der Waals surface area contributed by atoms with Gasteiger partial charge in [0.05, 0.1) is 0 Å². The van der Waals surface area contributed by atoms with Gasteiger partial charge in [-0.05, 0) is 23.3 Å². The molecule has 2 amide bonds. The molecule has 0 saturated heterocycles. The molecule has 10 heteroatoms. The lowest BCUT2D eigenvalue weighted by atomic mass is 9.93. The molecular formula is C19H14BClFN5O2. The van der Waals surface area contributed by atoms with Gasteiger partial charge in [-0.15, -0.1) is 0 Å². The first kappa shape index (κ1) is 20.4. The number of rotatable bonds is 6. The summed E-state index contributed by atoms with van der Waals surface area (Å²) in [4.78, 5) is 36.3. The quantitative estimate of drug-likeness (QED) is 0.473. The van der Waals surface area contributed by atoms with Gasteiger partial charge in [0.1, 0.15) is 36.5 Å². The Morgan fingerprint density at radius 1 is 0.931 bits per heavy atom. The molecule has 3 aromatic rings. The van der Waals surface area contributed by atoms with Crippen LogP contribution in [0.5, 0.6) is 0 Å². The fourth-order valence-corrected chi connectivity index (χ4v) is 2.48. The maximum atomic E-state index is 13.2. The van der Waals surface area contributed by atoms with Crippen LogP contribution in [-0.2, 0) is 13.1 Å². The summed E-state index contributed by atoms with van der Waals surface area (Å²) in [5.74, 6) is -1.50. The highest BCUT2D eigenvalue weighted by atomic mass is 35.5. The van der Waals surface area contributed by atoms with Crippen molar-refractivity contribution in [3.63, 3.8) is 0 Å². The lowest BCUT2D eigenvalue weighted by Crippen LogP contribution is -2.27. The summed E-state index contributed by atoms with van der Waals surface area (Å²) in [7, 11) is 5.51. The molecule has 1 aromatic carbocycles. The topological polar surface area (TPSA) is 96.9 Å². The van der Waals surface area contributed by atoms with Crippen LogP contribution in [0.4, 0.5) is 4.39 Å². The monoisotopic (exact) mass is 409 g/mol. The minimum atomic E-state index is -0.527. The number of benzene rings is 1. The molecule has 0 unspecified atom stereocenters. The molecule has 2 aromatic heterocycles. The van der Waals surface area contributed by atoms with Crippen LogP contribution in [0.1, 0.15) is 32.1 Å². The number of carbonyl (C=O) groups is 2. The Bertz CT molecular complexity index is 1050. The SMILES string of the molecule is [B]c1cc(CNC(=O)c2cc(C(=O)NCc3ccc(Cl)nc3)ncn2)ccc1F. The Hall–Kier alpha value is -3.33. The number of amides is 2. The Morgan fingerprint density at radius 3 is 2.14 bits per heavy atom. The summed E-state index contributed by atoms with van der Waals surface area (Å²) in [6, 6.07) is 8.79. The number of nitrogens with one attached hydrogen (secondary N) is 2. The average molecular weight is 410 g/mol. The third kappa shape index (κ3) is 5.58. The fourth-order valence-electron chi connectivity index (χ4n) is 2.37. The smallest absolute Gasteiger partial charge is 0.270 e. The van der Waals surface area contributed by atoms with E-state index in [4.69, 9.17) is 19.4 Å². The minimum absolute atomic E-state index is 0.00590. The number of halogens is 2. The molecule has 2 N–H and O–H groups in total. The molecule has 7 nitrogen and oxygen atoms in total. The average Bonchev–Trinajstić information content (AvgIpc) is 2.73. The predicted octanol–water partition coefficient (Wildman–Crippen LogP) is 1.32. The van der Waals surface area contributed by atoms with Crippen LogP contribution in [0.3, 0.4) is 0 Å². The number of hydrogen-bond acceptors (Lipinski definition) is 5. The molecule has 3 rings (SSSR count). The van der Waals surface area contributed by atoms with Crippen LogP contribution in [0, 0.1) is 5.82 Å². The van der Waals surface area contributed by atoms with Gasteiger partial charge in [0, 0.05) is 25.4 Å². The summed E-state index contributed by atoms with van der Waals surface area (Å²) >= 11 is 5.72. The van der Waals surface area contributed by atoms with Crippen LogP contribution in [0.25, 0.3) is 0 Å². The van der Waals surface area contributed by atoms with Gasteiger partial charge in [0.15, 0.2) is 0 Å². The first-order valence-electron chi connectivity index (χ1n) is 8.45. The molecule has 0 atom stereocenters. The van der Waals surface area contributed by atoms with E-state index < -0.39 is 17.6 Å². The third-order valence-electron chi connectivity index (χ3n) is 3.89. The van der Waals surface area contributed by atoms with Crippen LogP contribution >= 0.6 is 11.6 Å². The molecule has 29 heavy (non-hydrogen) atoms. The van der Waals surface area contributed by atoms with E-state index in [-0.39, 0.29) is 29.9 Å². The standard InChI is InChI=1S/C19H14BClFN5O2/c20-13-5-11(1-3-14(13)22)7-24-18(28)15-6-16(27-10-26-15)19(29)25-9-12-2-4-17(21)23-8-12/h1-6,8,10H,7,9H2,(H,24,28)(H,25,29). The molecule has 0 aliphatic carbocycles. The normalized spacial score (nSPS) is 10.4. The van der Waals surface area contributed by atoms with E-state index in [0.29, 0.717) is 10.7 Å². The van der Waals surface area contributed by atoms with Crippen molar-refractivity contribution in [2.75, 3.05) is 0 Å². The summed E-state index contributed by atoms with van der Waals surface area (Å²) in [6.45, 7) is 0.346. The zero-order chi connectivity index (χ0) is 20.8. The second-order valence-corrected chi connectivity index (χ2v) is 6.39. The highest BCUT2D eigenvalue weighted by Gasteiger charge is 2.13. The van der Waals surface area contributed by atoms with Crippen LogP contribution in [0.15, 0.2) is 48.9 Å².